The topological polar surface area (TPSA) is 123 Å². The summed E-state index contributed by atoms with van der Waals surface area (Å²) < 4.78 is 100. The maximum absolute atomic E-state index is 13.4. The second-order valence-corrected chi connectivity index (χ2v) is 11.6. The van der Waals surface area contributed by atoms with Crippen molar-refractivity contribution in [3.63, 3.8) is 0 Å². The molecule has 0 aliphatic rings. The average molecular weight is 656 g/mol. The Morgan fingerprint density at radius 3 is 2.29 bits per heavy atom. The van der Waals surface area contributed by atoms with Crippen molar-refractivity contribution in [2.24, 2.45) is 0 Å². The first-order valence-electron chi connectivity index (χ1n) is 13.1. The standard InChI is InChI=1S/C28H27F6N7O3S/c1-27(2,3)41-24(38-21-13-36-20(12-37-21)28(32,33)34)22(25(42)35-4)23(39-41)16-7-10-18(40-45(43)26(30)31)19(11-16)44-14-15-5-8-17(29)9-6-15/h5-13,26,40H,14H2,1-4H3,(H,35,42)(H,37,38). The maximum atomic E-state index is 13.4. The molecule has 0 saturated heterocycles. The first-order valence-corrected chi connectivity index (χ1v) is 14.3. The molecule has 10 nitrogen and oxygen atoms in total. The summed E-state index contributed by atoms with van der Waals surface area (Å²) in [5, 5.41) is 9.99. The summed E-state index contributed by atoms with van der Waals surface area (Å²) in [6, 6.07) is 9.47. The molecule has 0 fully saturated rings. The highest BCUT2D eigenvalue weighted by atomic mass is 32.2. The Hall–Kier alpha value is -4.67. The summed E-state index contributed by atoms with van der Waals surface area (Å²) in [6.07, 6.45) is -3.31. The van der Waals surface area contributed by atoms with E-state index in [0.717, 1.165) is 6.20 Å². The average Bonchev–Trinajstić information content (AvgIpc) is 3.36. The number of rotatable bonds is 10. The van der Waals surface area contributed by atoms with E-state index in [0.29, 0.717) is 11.8 Å². The van der Waals surface area contributed by atoms with Crippen molar-refractivity contribution in [3.8, 4) is 17.0 Å². The number of ether oxygens (including phenoxy) is 1. The van der Waals surface area contributed by atoms with Gasteiger partial charge in [0.25, 0.3) is 5.91 Å². The molecule has 0 radical (unpaired) electrons. The summed E-state index contributed by atoms with van der Waals surface area (Å²) >= 11 is 0. The first kappa shape index (κ1) is 33.2. The zero-order valence-electron chi connectivity index (χ0n) is 24.2. The number of hydrogen-bond donors (Lipinski definition) is 3. The van der Waals surface area contributed by atoms with Gasteiger partial charge in [0.2, 0.25) is 0 Å². The minimum absolute atomic E-state index is 0.0320. The molecule has 0 aliphatic heterocycles. The van der Waals surface area contributed by atoms with Crippen LogP contribution in [0, 0.1) is 5.82 Å². The van der Waals surface area contributed by atoms with Gasteiger partial charge < -0.3 is 15.4 Å². The zero-order chi connectivity index (χ0) is 33.1. The molecule has 0 saturated carbocycles. The van der Waals surface area contributed by atoms with E-state index in [4.69, 9.17) is 4.74 Å². The van der Waals surface area contributed by atoms with E-state index >= 15 is 0 Å². The number of nitrogens with one attached hydrogen (secondary N) is 3. The number of carbonyl (C=O) groups is 1. The number of aromatic nitrogens is 4. The number of halogens is 6. The van der Waals surface area contributed by atoms with Gasteiger partial charge in [-0.05, 0) is 50.6 Å². The van der Waals surface area contributed by atoms with Crippen molar-refractivity contribution in [2.45, 2.75) is 44.9 Å². The molecule has 0 spiro atoms. The van der Waals surface area contributed by atoms with E-state index in [-0.39, 0.29) is 46.5 Å². The lowest BCUT2D eigenvalue weighted by Gasteiger charge is -2.23. The van der Waals surface area contributed by atoms with Crippen molar-refractivity contribution < 1.29 is 40.1 Å². The Kier molecular flexibility index (Phi) is 9.70. The normalized spacial score (nSPS) is 12.6. The number of anilines is 3. The van der Waals surface area contributed by atoms with E-state index < -0.39 is 45.9 Å². The van der Waals surface area contributed by atoms with Gasteiger partial charge >= 0.3 is 11.9 Å². The number of hydrogen-bond acceptors (Lipinski definition) is 7. The minimum Gasteiger partial charge on any atom is -0.487 e. The van der Waals surface area contributed by atoms with Crippen LogP contribution in [-0.4, -0.2) is 42.7 Å². The fourth-order valence-electron chi connectivity index (χ4n) is 3.99. The molecule has 1 amide bonds. The Morgan fingerprint density at radius 2 is 1.73 bits per heavy atom. The fourth-order valence-corrected chi connectivity index (χ4v) is 4.46. The van der Waals surface area contributed by atoms with Crippen molar-refractivity contribution in [1.82, 2.24) is 25.1 Å². The van der Waals surface area contributed by atoms with E-state index in [1.54, 1.807) is 20.8 Å². The van der Waals surface area contributed by atoms with Gasteiger partial charge in [-0.1, -0.05) is 18.2 Å². The van der Waals surface area contributed by atoms with Gasteiger partial charge in [-0.3, -0.25) is 9.52 Å². The number of carbonyl (C=O) groups excluding carboxylic acids is 1. The molecular weight excluding hydrogens is 628 g/mol. The van der Waals surface area contributed by atoms with E-state index in [9.17, 15) is 35.3 Å². The fraction of sp³-hybridized carbons (Fsp3) is 0.286. The van der Waals surface area contributed by atoms with E-state index in [1.165, 1.54) is 54.2 Å². The molecule has 3 N–H and O–H groups in total. The van der Waals surface area contributed by atoms with Gasteiger partial charge in [0.05, 0.1) is 23.6 Å². The summed E-state index contributed by atoms with van der Waals surface area (Å²) in [7, 11) is -1.41. The Labute approximate surface area is 255 Å². The molecule has 2 aromatic heterocycles. The van der Waals surface area contributed by atoms with Crippen LogP contribution in [0.2, 0.25) is 0 Å². The minimum atomic E-state index is -4.71. The quantitative estimate of drug-likeness (QED) is 0.173. The third-order valence-electron chi connectivity index (χ3n) is 6.10. The molecule has 17 heteroatoms. The number of amides is 1. The highest BCUT2D eigenvalue weighted by Gasteiger charge is 2.34. The maximum Gasteiger partial charge on any atom is 0.434 e. The monoisotopic (exact) mass is 655 g/mol. The predicted molar refractivity (Wildman–Crippen MR) is 155 cm³/mol. The summed E-state index contributed by atoms with van der Waals surface area (Å²) in [4.78, 5) is 20.5. The second kappa shape index (κ2) is 13.1. The van der Waals surface area contributed by atoms with Crippen molar-refractivity contribution in [2.75, 3.05) is 17.1 Å². The molecule has 1 atom stereocenters. The SMILES string of the molecule is CNC(=O)c1c(-c2ccc(NS(=O)C(F)F)c(OCc3ccc(F)cc3)c2)nn(C(C)(C)C)c1Nc1cnc(C(F)(F)F)cn1. The third kappa shape index (κ3) is 7.89. The van der Waals surface area contributed by atoms with Gasteiger partial charge in [0.15, 0.2) is 16.7 Å². The van der Waals surface area contributed by atoms with Crippen LogP contribution >= 0.6 is 0 Å². The molecule has 2 heterocycles. The summed E-state index contributed by atoms with van der Waals surface area (Å²) in [5.74, 6) is -4.39. The van der Waals surface area contributed by atoms with Crippen molar-refractivity contribution in [3.05, 3.63) is 77.5 Å². The molecule has 240 valence electrons. The Balaban J connectivity index is 1.83. The molecule has 0 aliphatic carbocycles. The Bertz CT molecular complexity index is 1690. The third-order valence-corrected chi connectivity index (χ3v) is 6.84. The van der Waals surface area contributed by atoms with Crippen molar-refractivity contribution in [1.29, 1.82) is 0 Å². The van der Waals surface area contributed by atoms with E-state index in [1.807, 2.05) is 0 Å². The summed E-state index contributed by atoms with van der Waals surface area (Å²) in [5.41, 5.74) is -1.21. The predicted octanol–water partition coefficient (Wildman–Crippen LogP) is 6.23. The van der Waals surface area contributed by atoms with E-state index in [2.05, 4.69) is 30.4 Å². The van der Waals surface area contributed by atoms with Gasteiger partial charge in [-0.15, -0.1) is 0 Å². The van der Waals surface area contributed by atoms with Crippen LogP contribution in [0.5, 0.6) is 5.75 Å². The molecule has 4 rings (SSSR count). The lowest BCUT2D eigenvalue weighted by Crippen LogP contribution is -2.26. The van der Waals surface area contributed by atoms with Crippen LogP contribution in [0.25, 0.3) is 11.3 Å². The van der Waals surface area contributed by atoms with Gasteiger partial charge in [-0.25, -0.2) is 23.2 Å². The summed E-state index contributed by atoms with van der Waals surface area (Å²) in [6.45, 7) is 5.18. The molecule has 45 heavy (non-hydrogen) atoms. The smallest absolute Gasteiger partial charge is 0.434 e. The first-order chi connectivity index (χ1) is 21.1. The van der Waals surface area contributed by atoms with Gasteiger partial charge in [-0.2, -0.15) is 27.1 Å². The lowest BCUT2D eigenvalue weighted by atomic mass is 10.1. The van der Waals surface area contributed by atoms with Crippen LogP contribution < -0.4 is 20.1 Å². The second-order valence-electron chi connectivity index (χ2n) is 10.4. The van der Waals surface area contributed by atoms with Gasteiger partial charge in [0.1, 0.15) is 41.1 Å². The lowest BCUT2D eigenvalue weighted by molar-refractivity contribution is -0.141. The van der Waals surface area contributed by atoms with Gasteiger partial charge in [0, 0.05) is 12.6 Å². The van der Waals surface area contributed by atoms with Crippen LogP contribution in [0.15, 0.2) is 54.9 Å². The van der Waals surface area contributed by atoms with Crippen LogP contribution in [-0.2, 0) is 29.3 Å². The van der Waals surface area contributed by atoms with Crippen molar-refractivity contribution >= 4 is 34.2 Å². The number of benzene rings is 2. The largest absolute Gasteiger partial charge is 0.487 e. The highest BCUT2D eigenvalue weighted by Crippen LogP contribution is 2.38. The molecule has 1 unspecified atom stereocenters. The van der Waals surface area contributed by atoms with Crippen LogP contribution in [0.1, 0.15) is 42.4 Å². The zero-order valence-corrected chi connectivity index (χ0v) is 25.0. The molecule has 2 aromatic carbocycles. The van der Waals surface area contributed by atoms with Crippen LogP contribution in [0.3, 0.4) is 0 Å². The molecule has 4 aromatic rings. The number of alkyl halides is 5. The van der Waals surface area contributed by atoms with Crippen LogP contribution in [0.4, 0.5) is 43.7 Å². The molecular formula is C28H27F6N7O3S. The highest BCUT2D eigenvalue weighted by molar-refractivity contribution is 7.86. The number of nitrogens with zero attached hydrogens (tertiary/aromatic N) is 4. The molecule has 0 bridgehead atoms. The Morgan fingerprint density at radius 1 is 1.04 bits per heavy atom.